The molecule has 1 aliphatic carbocycles. The van der Waals surface area contributed by atoms with Gasteiger partial charge in [0.15, 0.2) is 0 Å². The molecule has 0 heterocycles. The van der Waals surface area contributed by atoms with Gasteiger partial charge in [-0.15, -0.1) is 0 Å². The van der Waals surface area contributed by atoms with Gasteiger partial charge in [0.2, 0.25) is 0 Å². The van der Waals surface area contributed by atoms with Crippen molar-refractivity contribution >= 4 is 0 Å². The van der Waals surface area contributed by atoms with Gasteiger partial charge in [0.1, 0.15) is 0 Å². The van der Waals surface area contributed by atoms with Crippen molar-refractivity contribution in [1.82, 2.24) is 0 Å². The maximum absolute atomic E-state index is 5.97. The summed E-state index contributed by atoms with van der Waals surface area (Å²) in [6.45, 7) is 2.87. The molecule has 1 fully saturated rings. The summed E-state index contributed by atoms with van der Waals surface area (Å²) in [6.07, 6.45) is 4.79. The SMILES string of the molecule is CCc1cccc(CO[C@H]2CCC[C@@H]2N)c1. The second-order valence-corrected chi connectivity index (χ2v) is 4.62. The summed E-state index contributed by atoms with van der Waals surface area (Å²) >= 11 is 0. The number of aryl methyl sites for hydroxylation is 1. The lowest BCUT2D eigenvalue weighted by atomic mass is 10.1. The van der Waals surface area contributed by atoms with Crippen LogP contribution in [-0.4, -0.2) is 12.1 Å². The second-order valence-electron chi connectivity index (χ2n) is 4.62. The maximum Gasteiger partial charge on any atom is 0.0730 e. The van der Waals surface area contributed by atoms with Crippen LogP contribution < -0.4 is 5.73 Å². The highest BCUT2D eigenvalue weighted by molar-refractivity contribution is 5.22. The zero-order chi connectivity index (χ0) is 11.4. The normalized spacial score (nSPS) is 24.9. The average molecular weight is 219 g/mol. The van der Waals surface area contributed by atoms with E-state index in [0.29, 0.717) is 6.61 Å². The van der Waals surface area contributed by atoms with Crippen LogP contribution in [0.3, 0.4) is 0 Å². The van der Waals surface area contributed by atoms with Crippen LogP contribution in [0.15, 0.2) is 24.3 Å². The lowest BCUT2D eigenvalue weighted by molar-refractivity contribution is 0.0357. The summed E-state index contributed by atoms with van der Waals surface area (Å²) in [7, 11) is 0. The van der Waals surface area contributed by atoms with E-state index in [9.17, 15) is 0 Å². The molecule has 0 unspecified atom stereocenters. The molecule has 2 nitrogen and oxygen atoms in total. The Bertz CT molecular complexity index is 337. The Morgan fingerprint density at radius 3 is 2.81 bits per heavy atom. The van der Waals surface area contributed by atoms with Crippen LogP contribution in [0.25, 0.3) is 0 Å². The largest absolute Gasteiger partial charge is 0.372 e. The van der Waals surface area contributed by atoms with Gasteiger partial charge >= 0.3 is 0 Å². The summed E-state index contributed by atoms with van der Waals surface area (Å²) in [5.41, 5.74) is 8.61. The van der Waals surface area contributed by atoms with Crippen molar-refractivity contribution in [2.45, 2.75) is 51.4 Å². The first-order valence-electron chi connectivity index (χ1n) is 6.24. The zero-order valence-electron chi connectivity index (χ0n) is 9.99. The Kier molecular flexibility index (Phi) is 3.97. The summed E-state index contributed by atoms with van der Waals surface area (Å²) in [4.78, 5) is 0. The minimum atomic E-state index is 0.245. The first kappa shape index (κ1) is 11.6. The van der Waals surface area contributed by atoms with E-state index in [2.05, 4.69) is 31.2 Å². The van der Waals surface area contributed by atoms with E-state index < -0.39 is 0 Å². The van der Waals surface area contributed by atoms with Crippen LogP contribution in [0, 0.1) is 0 Å². The highest BCUT2D eigenvalue weighted by Crippen LogP contribution is 2.21. The molecule has 0 aromatic heterocycles. The molecule has 2 rings (SSSR count). The Morgan fingerprint density at radius 2 is 2.12 bits per heavy atom. The smallest absolute Gasteiger partial charge is 0.0730 e. The third kappa shape index (κ3) is 2.83. The molecule has 0 radical (unpaired) electrons. The standard InChI is InChI=1S/C14H21NO/c1-2-11-5-3-6-12(9-11)10-16-14-8-4-7-13(14)15/h3,5-6,9,13-14H,2,4,7-8,10,15H2,1H3/t13-,14-/m0/s1. The minimum Gasteiger partial charge on any atom is -0.372 e. The van der Waals surface area contributed by atoms with E-state index in [1.165, 1.54) is 17.5 Å². The second kappa shape index (κ2) is 5.46. The van der Waals surface area contributed by atoms with E-state index in [1.54, 1.807) is 0 Å². The van der Waals surface area contributed by atoms with Crippen LogP contribution in [0.2, 0.25) is 0 Å². The summed E-state index contributed by atoms with van der Waals surface area (Å²) in [5.74, 6) is 0. The van der Waals surface area contributed by atoms with Crippen molar-refractivity contribution in [2.24, 2.45) is 5.73 Å². The molecule has 0 spiro atoms. The number of benzene rings is 1. The fraction of sp³-hybridized carbons (Fsp3) is 0.571. The van der Waals surface area contributed by atoms with E-state index in [-0.39, 0.29) is 12.1 Å². The molecule has 2 N–H and O–H groups in total. The topological polar surface area (TPSA) is 35.2 Å². The molecule has 1 saturated carbocycles. The van der Waals surface area contributed by atoms with Gasteiger partial charge in [0, 0.05) is 6.04 Å². The molecule has 1 aromatic rings. The zero-order valence-corrected chi connectivity index (χ0v) is 9.99. The molecule has 1 aromatic carbocycles. The van der Waals surface area contributed by atoms with Crippen LogP contribution in [-0.2, 0) is 17.8 Å². The van der Waals surface area contributed by atoms with Gasteiger partial charge in [-0.3, -0.25) is 0 Å². The minimum absolute atomic E-state index is 0.245. The molecule has 88 valence electrons. The van der Waals surface area contributed by atoms with Gasteiger partial charge in [-0.1, -0.05) is 31.2 Å². The van der Waals surface area contributed by atoms with E-state index >= 15 is 0 Å². The lowest BCUT2D eigenvalue weighted by Crippen LogP contribution is -2.31. The Labute approximate surface area is 97.8 Å². The molecule has 1 aliphatic rings. The van der Waals surface area contributed by atoms with Gasteiger partial charge in [-0.05, 0) is 36.8 Å². The van der Waals surface area contributed by atoms with Crippen molar-refractivity contribution in [1.29, 1.82) is 0 Å². The predicted octanol–water partition coefficient (Wildman–Crippen LogP) is 2.65. The number of rotatable bonds is 4. The van der Waals surface area contributed by atoms with Crippen molar-refractivity contribution < 1.29 is 4.74 Å². The third-order valence-electron chi connectivity index (χ3n) is 3.37. The van der Waals surface area contributed by atoms with Crippen molar-refractivity contribution in [3.05, 3.63) is 35.4 Å². The highest BCUT2D eigenvalue weighted by atomic mass is 16.5. The van der Waals surface area contributed by atoms with Crippen LogP contribution >= 0.6 is 0 Å². The van der Waals surface area contributed by atoms with E-state index in [4.69, 9.17) is 10.5 Å². The van der Waals surface area contributed by atoms with Gasteiger partial charge < -0.3 is 10.5 Å². The first-order chi connectivity index (χ1) is 7.79. The fourth-order valence-electron chi connectivity index (χ4n) is 2.30. The van der Waals surface area contributed by atoms with E-state index in [0.717, 1.165) is 19.3 Å². The van der Waals surface area contributed by atoms with Gasteiger partial charge in [0.25, 0.3) is 0 Å². The number of hydrogen-bond acceptors (Lipinski definition) is 2. The summed E-state index contributed by atoms with van der Waals surface area (Å²) in [5, 5.41) is 0. The third-order valence-corrected chi connectivity index (χ3v) is 3.37. The quantitative estimate of drug-likeness (QED) is 0.845. The van der Waals surface area contributed by atoms with E-state index in [1.807, 2.05) is 0 Å². The number of ether oxygens (including phenoxy) is 1. The van der Waals surface area contributed by atoms with Crippen LogP contribution in [0.1, 0.15) is 37.3 Å². The first-order valence-corrected chi connectivity index (χ1v) is 6.24. The molecular weight excluding hydrogens is 198 g/mol. The molecule has 2 heteroatoms. The molecule has 0 amide bonds. The fourth-order valence-corrected chi connectivity index (χ4v) is 2.30. The number of hydrogen-bond donors (Lipinski definition) is 1. The molecule has 0 saturated heterocycles. The van der Waals surface area contributed by atoms with Crippen molar-refractivity contribution in [3.63, 3.8) is 0 Å². The van der Waals surface area contributed by atoms with Crippen molar-refractivity contribution in [2.75, 3.05) is 0 Å². The molecule has 2 atom stereocenters. The van der Waals surface area contributed by atoms with Gasteiger partial charge in [0.05, 0.1) is 12.7 Å². The van der Waals surface area contributed by atoms with Crippen LogP contribution in [0.4, 0.5) is 0 Å². The summed E-state index contributed by atoms with van der Waals surface area (Å²) in [6, 6.07) is 8.85. The maximum atomic E-state index is 5.97. The predicted molar refractivity (Wildman–Crippen MR) is 66.2 cm³/mol. The van der Waals surface area contributed by atoms with Crippen molar-refractivity contribution in [3.8, 4) is 0 Å². The lowest BCUT2D eigenvalue weighted by Gasteiger charge is -2.16. The molecular formula is C14H21NO. The molecule has 0 aliphatic heterocycles. The van der Waals surface area contributed by atoms with Gasteiger partial charge in [-0.2, -0.15) is 0 Å². The number of nitrogens with two attached hydrogens (primary N) is 1. The molecule has 0 bridgehead atoms. The molecule has 16 heavy (non-hydrogen) atoms. The Hall–Kier alpha value is -0.860. The Morgan fingerprint density at radius 1 is 1.31 bits per heavy atom. The average Bonchev–Trinajstić information content (AvgIpc) is 2.72. The van der Waals surface area contributed by atoms with Gasteiger partial charge in [-0.25, -0.2) is 0 Å². The summed E-state index contributed by atoms with van der Waals surface area (Å²) < 4.78 is 5.88. The highest BCUT2D eigenvalue weighted by Gasteiger charge is 2.24. The van der Waals surface area contributed by atoms with Crippen LogP contribution in [0.5, 0.6) is 0 Å². The monoisotopic (exact) mass is 219 g/mol. The Balaban J connectivity index is 1.88.